The molecule has 1 heterocycles. The number of thiazole rings is 1. The molecule has 29 heavy (non-hydrogen) atoms. The molecule has 0 aliphatic carbocycles. The Kier molecular flexibility index (Phi) is 6.50. The first-order valence-corrected chi connectivity index (χ1v) is 11.2. The number of para-hydroxylation sites is 1. The summed E-state index contributed by atoms with van der Waals surface area (Å²) in [6.45, 7) is 2.28. The minimum atomic E-state index is -3.75. The van der Waals surface area contributed by atoms with Crippen LogP contribution >= 0.6 is 11.3 Å². The molecule has 0 fully saturated rings. The SMILES string of the molecule is COc1ccccc1CCNC(=O)c1csc(NS(=O)(=O)c2ccc(C)cc2)n1. The Morgan fingerprint density at radius 3 is 2.59 bits per heavy atom. The number of aromatic nitrogens is 1. The highest BCUT2D eigenvalue weighted by Gasteiger charge is 2.17. The van der Waals surface area contributed by atoms with Crippen LogP contribution < -0.4 is 14.8 Å². The molecule has 0 atom stereocenters. The van der Waals surface area contributed by atoms with Gasteiger partial charge in [-0.2, -0.15) is 0 Å². The molecule has 0 spiro atoms. The summed E-state index contributed by atoms with van der Waals surface area (Å²) in [6.07, 6.45) is 0.604. The van der Waals surface area contributed by atoms with Crippen LogP contribution in [0.25, 0.3) is 0 Å². The maximum Gasteiger partial charge on any atom is 0.270 e. The number of nitrogens with one attached hydrogen (secondary N) is 2. The molecule has 152 valence electrons. The van der Waals surface area contributed by atoms with E-state index in [1.54, 1.807) is 19.2 Å². The number of sulfonamides is 1. The van der Waals surface area contributed by atoms with E-state index in [-0.39, 0.29) is 21.6 Å². The zero-order valence-electron chi connectivity index (χ0n) is 16.0. The van der Waals surface area contributed by atoms with Crippen LogP contribution in [0.4, 0.5) is 5.13 Å². The van der Waals surface area contributed by atoms with Crippen molar-refractivity contribution in [2.45, 2.75) is 18.2 Å². The Morgan fingerprint density at radius 2 is 1.86 bits per heavy atom. The smallest absolute Gasteiger partial charge is 0.270 e. The van der Waals surface area contributed by atoms with Gasteiger partial charge in [-0.1, -0.05) is 35.9 Å². The maximum absolute atomic E-state index is 12.4. The number of amides is 1. The number of hydrogen-bond acceptors (Lipinski definition) is 6. The number of benzene rings is 2. The Hall–Kier alpha value is -2.91. The van der Waals surface area contributed by atoms with E-state index < -0.39 is 10.0 Å². The molecule has 3 aromatic rings. The van der Waals surface area contributed by atoms with Gasteiger partial charge in [-0.15, -0.1) is 11.3 Å². The predicted molar refractivity (Wildman–Crippen MR) is 113 cm³/mol. The lowest BCUT2D eigenvalue weighted by Crippen LogP contribution is -2.26. The highest BCUT2D eigenvalue weighted by atomic mass is 32.2. The normalized spacial score (nSPS) is 11.1. The van der Waals surface area contributed by atoms with E-state index in [9.17, 15) is 13.2 Å². The van der Waals surface area contributed by atoms with E-state index in [2.05, 4.69) is 15.0 Å². The van der Waals surface area contributed by atoms with Crippen LogP contribution in [-0.4, -0.2) is 33.0 Å². The molecule has 1 amide bonds. The number of carbonyl (C=O) groups excluding carboxylic acids is 1. The molecule has 0 radical (unpaired) electrons. The zero-order valence-corrected chi connectivity index (χ0v) is 17.6. The summed E-state index contributed by atoms with van der Waals surface area (Å²) >= 11 is 1.06. The summed E-state index contributed by atoms with van der Waals surface area (Å²) in [7, 11) is -2.15. The summed E-state index contributed by atoms with van der Waals surface area (Å²) in [5.41, 5.74) is 2.11. The van der Waals surface area contributed by atoms with Crippen molar-refractivity contribution < 1.29 is 17.9 Å². The second-order valence-electron chi connectivity index (χ2n) is 6.27. The van der Waals surface area contributed by atoms with Gasteiger partial charge in [0.2, 0.25) is 0 Å². The van der Waals surface area contributed by atoms with E-state index in [1.165, 1.54) is 17.5 Å². The molecule has 0 saturated heterocycles. The molecule has 2 aromatic carbocycles. The Bertz CT molecular complexity index is 1090. The molecular formula is C20H21N3O4S2. The second kappa shape index (κ2) is 9.06. The van der Waals surface area contributed by atoms with Crippen molar-refractivity contribution in [1.82, 2.24) is 10.3 Å². The van der Waals surface area contributed by atoms with Crippen LogP contribution in [-0.2, 0) is 16.4 Å². The van der Waals surface area contributed by atoms with Gasteiger partial charge in [0.1, 0.15) is 11.4 Å². The fourth-order valence-electron chi connectivity index (χ4n) is 2.63. The fraction of sp³-hybridized carbons (Fsp3) is 0.200. The number of anilines is 1. The number of rotatable bonds is 8. The molecule has 2 N–H and O–H groups in total. The van der Waals surface area contributed by atoms with Gasteiger partial charge >= 0.3 is 0 Å². The summed E-state index contributed by atoms with van der Waals surface area (Å²) in [4.78, 5) is 16.5. The van der Waals surface area contributed by atoms with Crippen LogP contribution in [0.15, 0.2) is 58.8 Å². The van der Waals surface area contributed by atoms with E-state index in [0.29, 0.717) is 13.0 Å². The first-order chi connectivity index (χ1) is 13.9. The lowest BCUT2D eigenvalue weighted by atomic mass is 10.1. The molecule has 9 heteroatoms. The van der Waals surface area contributed by atoms with Crippen LogP contribution in [0.2, 0.25) is 0 Å². The van der Waals surface area contributed by atoms with E-state index >= 15 is 0 Å². The molecule has 7 nitrogen and oxygen atoms in total. The third-order valence-electron chi connectivity index (χ3n) is 4.16. The van der Waals surface area contributed by atoms with Crippen molar-refractivity contribution in [1.29, 1.82) is 0 Å². The first-order valence-electron chi connectivity index (χ1n) is 8.84. The van der Waals surface area contributed by atoms with Crippen molar-refractivity contribution in [3.8, 4) is 5.75 Å². The number of hydrogen-bond donors (Lipinski definition) is 2. The average Bonchev–Trinajstić information content (AvgIpc) is 3.16. The van der Waals surface area contributed by atoms with Crippen LogP contribution in [0, 0.1) is 6.92 Å². The molecule has 3 rings (SSSR count). The van der Waals surface area contributed by atoms with Crippen molar-refractivity contribution >= 4 is 32.4 Å². The molecule has 0 bridgehead atoms. The monoisotopic (exact) mass is 431 g/mol. The lowest BCUT2D eigenvalue weighted by Gasteiger charge is -2.08. The average molecular weight is 432 g/mol. The predicted octanol–water partition coefficient (Wildman–Crippen LogP) is 3.23. The van der Waals surface area contributed by atoms with Gasteiger partial charge in [0.05, 0.1) is 12.0 Å². The molecule has 0 aliphatic rings. The topological polar surface area (TPSA) is 97.4 Å². The van der Waals surface area contributed by atoms with Gasteiger partial charge in [-0.25, -0.2) is 13.4 Å². The van der Waals surface area contributed by atoms with Gasteiger partial charge in [0, 0.05) is 11.9 Å². The summed E-state index contributed by atoms with van der Waals surface area (Å²) in [6, 6.07) is 14.1. The van der Waals surface area contributed by atoms with Crippen molar-refractivity contribution in [2.75, 3.05) is 18.4 Å². The van der Waals surface area contributed by atoms with E-state index in [0.717, 1.165) is 28.2 Å². The highest BCUT2D eigenvalue weighted by molar-refractivity contribution is 7.93. The Balaban J connectivity index is 1.59. The lowest BCUT2D eigenvalue weighted by molar-refractivity contribution is 0.0950. The van der Waals surface area contributed by atoms with Crippen LogP contribution in [0.1, 0.15) is 21.6 Å². The third kappa shape index (κ3) is 5.33. The number of ether oxygens (including phenoxy) is 1. The summed E-state index contributed by atoms with van der Waals surface area (Å²) < 4.78 is 32.5. The number of nitrogens with zero attached hydrogens (tertiary/aromatic N) is 1. The highest BCUT2D eigenvalue weighted by Crippen LogP contribution is 2.21. The fourth-order valence-corrected chi connectivity index (χ4v) is 4.57. The van der Waals surface area contributed by atoms with Crippen LogP contribution in [0.5, 0.6) is 5.75 Å². The summed E-state index contributed by atoms with van der Waals surface area (Å²) in [5, 5.41) is 4.44. The van der Waals surface area contributed by atoms with Crippen molar-refractivity contribution in [3.05, 3.63) is 70.7 Å². The van der Waals surface area contributed by atoms with Gasteiger partial charge in [0.15, 0.2) is 5.13 Å². The number of methoxy groups -OCH3 is 1. The van der Waals surface area contributed by atoms with Gasteiger partial charge in [-0.05, 0) is 37.1 Å². The molecule has 0 saturated carbocycles. The number of carbonyl (C=O) groups is 1. The zero-order chi connectivity index (χ0) is 20.9. The summed E-state index contributed by atoms with van der Waals surface area (Å²) in [5.74, 6) is 0.403. The van der Waals surface area contributed by atoms with Crippen molar-refractivity contribution in [3.63, 3.8) is 0 Å². The standard InChI is InChI=1S/C20H21N3O4S2/c1-14-7-9-16(10-8-14)29(25,26)23-20-22-17(13-28-20)19(24)21-12-11-15-5-3-4-6-18(15)27-2/h3-10,13H,11-12H2,1-2H3,(H,21,24)(H,22,23). The Morgan fingerprint density at radius 1 is 1.14 bits per heavy atom. The number of aryl methyl sites for hydroxylation is 1. The largest absolute Gasteiger partial charge is 0.496 e. The van der Waals surface area contributed by atoms with E-state index in [1.807, 2.05) is 31.2 Å². The van der Waals surface area contributed by atoms with E-state index in [4.69, 9.17) is 4.74 Å². The third-order valence-corrected chi connectivity index (χ3v) is 6.40. The van der Waals surface area contributed by atoms with Crippen molar-refractivity contribution in [2.24, 2.45) is 0 Å². The van der Waals surface area contributed by atoms with Gasteiger partial charge in [0.25, 0.3) is 15.9 Å². The quantitative estimate of drug-likeness (QED) is 0.571. The second-order valence-corrected chi connectivity index (χ2v) is 8.81. The van der Waals surface area contributed by atoms with Crippen LogP contribution in [0.3, 0.4) is 0 Å². The molecule has 0 unspecified atom stereocenters. The maximum atomic E-state index is 12.4. The minimum Gasteiger partial charge on any atom is -0.496 e. The minimum absolute atomic E-state index is 0.139. The Labute approximate surface area is 173 Å². The molecule has 0 aliphatic heterocycles. The first kappa shape index (κ1) is 20.8. The van der Waals surface area contributed by atoms with Gasteiger partial charge < -0.3 is 10.1 Å². The molecule has 1 aromatic heterocycles. The molecular weight excluding hydrogens is 410 g/mol. The van der Waals surface area contributed by atoms with Gasteiger partial charge in [-0.3, -0.25) is 9.52 Å².